The lowest BCUT2D eigenvalue weighted by Crippen LogP contribution is -2.00. The van der Waals surface area contributed by atoms with Crippen LogP contribution in [0.15, 0.2) is 34.8 Å². The summed E-state index contributed by atoms with van der Waals surface area (Å²) < 4.78 is 6.79. The number of Topliss-reactive ketones (excluding diaryl/α,β-unsaturated/α-hetero) is 1. The smallest absolute Gasteiger partial charge is 0.163 e. The molecule has 1 aromatic heterocycles. The summed E-state index contributed by atoms with van der Waals surface area (Å²) in [5.74, 6) is 1.22. The number of hydrogen-bond acceptors (Lipinski definition) is 3. The zero-order valence-corrected chi connectivity index (χ0v) is 13.3. The Morgan fingerprint density at radius 1 is 1.25 bits per heavy atom. The van der Waals surface area contributed by atoms with Crippen molar-refractivity contribution in [3.63, 3.8) is 0 Å². The standard InChI is InChI=1S/C16H16BrNO2/c1-4-14-15(8-5-10(2)18-14)20-16-9-12(17)6-7-13(16)11(3)19/h5-9H,4H2,1-3H3. The predicted octanol–water partition coefficient (Wildman–Crippen LogP) is 4.71. The van der Waals surface area contributed by atoms with E-state index in [-0.39, 0.29) is 5.78 Å². The van der Waals surface area contributed by atoms with E-state index in [4.69, 9.17) is 4.74 Å². The SMILES string of the molecule is CCc1nc(C)ccc1Oc1cc(Br)ccc1C(C)=O. The van der Waals surface area contributed by atoms with Crippen LogP contribution in [-0.2, 0) is 6.42 Å². The number of halogens is 1. The van der Waals surface area contributed by atoms with Gasteiger partial charge in [0.15, 0.2) is 5.78 Å². The van der Waals surface area contributed by atoms with Crippen molar-refractivity contribution in [2.75, 3.05) is 0 Å². The van der Waals surface area contributed by atoms with Crippen molar-refractivity contribution >= 4 is 21.7 Å². The van der Waals surface area contributed by atoms with Crippen LogP contribution in [0.25, 0.3) is 0 Å². The van der Waals surface area contributed by atoms with Crippen molar-refractivity contribution in [2.45, 2.75) is 27.2 Å². The third-order valence-electron chi connectivity index (χ3n) is 2.95. The van der Waals surface area contributed by atoms with Gasteiger partial charge in [0.05, 0.1) is 11.3 Å². The second-order valence-corrected chi connectivity index (χ2v) is 5.47. The molecule has 0 unspecified atom stereocenters. The molecule has 0 spiro atoms. The van der Waals surface area contributed by atoms with Crippen molar-refractivity contribution in [2.24, 2.45) is 0 Å². The van der Waals surface area contributed by atoms with Gasteiger partial charge in [-0.15, -0.1) is 0 Å². The van der Waals surface area contributed by atoms with E-state index < -0.39 is 0 Å². The van der Waals surface area contributed by atoms with Crippen molar-refractivity contribution in [3.05, 3.63) is 51.8 Å². The molecular formula is C16H16BrNO2. The van der Waals surface area contributed by atoms with Crippen LogP contribution < -0.4 is 4.74 Å². The molecule has 0 saturated heterocycles. The van der Waals surface area contributed by atoms with Crippen LogP contribution in [0.4, 0.5) is 0 Å². The Balaban J connectivity index is 2.44. The Labute approximate surface area is 127 Å². The molecule has 0 aliphatic carbocycles. The number of ketones is 1. The van der Waals surface area contributed by atoms with E-state index in [1.54, 1.807) is 12.1 Å². The van der Waals surface area contributed by atoms with Crippen molar-refractivity contribution < 1.29 is 9.53 Å². The van der Waals surface area contributed by atoms with Gasteiger partial charge < -0.3 is 4.74 Å². The van der Waals surface area contributed by atoms with Gasteiger partial charge >= 0.3 is 0 Å². The van der Waals surface area contributed by atoms with Gasteiger partial charge in [-0.2, -0.15) is 0 Å². The van der Waals surface area contributed by atoms with Gasteiger partial charge in [-0.1, -0.05) is 22.9 Å². The van der Waals surface area contributed by atoms with Gasteiger partial charge in [0.2, 0.25) is 0 Å². The molecule has 2 aromatic rings. The first-order chi connectivity index (χ1) is 9.51. The number of benzene rings is 1. The summed E-state index contributed by atoms with van der Waals surface area (Å²) in [7, 11) is 0. The number of hydrogen-bond donors (Lipinski definition) is 0. The van der Waals surface area contributed by atoms with Crippen molar-refractivity contribution in [1.82, 2.24) is 4.98 Å². The molecule has 0 N–H and O–H groups in total. The van der Waals surface area contributed by atoms with Crippen LogP contribution >= 0.6 is 15.9 Å². The lowest BCUT2D eigenvalue weighted by molar-refractivity contribution is 0.101. The molecule has 0 bridgehead atoms. The fraction of sp³-hybridized carbons (Fsp3) is 0.250. The van der Waals surface area contributed by atoms with Crippen LogP contribution in [0.3, 0.4) is 0 Å². The highest BCUT2D eigenvalue weighted by Crippen LogP contribution is 2.30. The summed E-state index contributed by atoms with van der Waals surface area (Å²) in [6.07, 6.45) is 0.778. The quantitative estimate of drug-likeness (QED) is 0.760. The Kier molecular flexibility index (Phi) is 4.55. The Bertz CT molecular complexity index is 653. The summed E-state index contributed by atoms with van der Waals surface area (Å²) in [5, 5.41) is 0. The van der Waals surface area contributed by atoms with E-state index in [1.165, 1.54) is 6.92 Å². The third-order valence-corrected chi connectivity index (χ3v) is 3.44. The maximum Gasteiger partial charge on any atom is 0.163 e. The van der Waals surface area contributed by atoms with Crippen LogP contribution in [0.5, 0.6) is 11.5 Å². The molecule has 1 heterocycles. The average Bonchev–Trinajstić information content (AvgIpc) is 2.40. The molecule has 3 nitrogen and oxygen atoms in total. The first-order valence-electron chi connectivity index (χ1n) is 6.46. The highest BCUT2D eigenvalue weighted by Gasteiger charge is 2.12. The summed E-state index contributed by atoms with van der Waals surface area (Å²) in [6.45, 7) is 5.51. The average molecular weight is 334 g/mol. The molecule has 20 heavy (non-hydrogen) atoms. The van der Waals surface area contributed by atoms with Gasteiger partial charge in [-0.05, 0) is 50.6 Å². The van der Waals surface area contributed by atoms with E-state index in [2.05, 4.69) is 20.9 Å². The number of carbonyl (C=O) groups excluding carboxylic acids is 1. The summed E-state index contributed by atoms with van der Waals surface area (Å²) in [5.41, 5.74) is 2.41. The summed E-state index contributed by atoms with van der Waals surface area (Å²) in [4.78, 5) is 16.1. The maximum absolute atomic E-state index is 11.7. The fourth-order valence-electron chi connectivity index (χ4n) is 1.93. The fourth-order valence-corrected chi connectivity index (χ4v) is 2.27. The molecule has 0 fully saturated rings. The molecule has 0 aliphatic heterocycles. The highest BCUT2D eigenvalue weighted by molar-refractivity contribution is 9.10. The van der Waals surface area contributed by atoms with Gasteiger partial charge in [0.1, 0.15) is 11.5 Å². The predicted molar refractivity (Wildman–Crippen MR) is 82.6 cm³/mol. The Morgan fingerprint density at radius 3 is 2.65 bits per heavy atom. The summed E-state index contributed by atoms with van der Waals surface area (Å²) in [6, 6.07) is 9.19. The molecule has 0 atom stereocenters. The van der Waals surface area contributed by atoms with Gasteiger partial charge in [-0.25, -0.2) is 0 Å². The first kappa shape index (κ1) is 14.7. The highest BCUT2D eigenvalue weighted by atomic mass is 79.9. The molecule has 0 saturated carbocycles. The number of rotatable bonds is 4. The second kappa shape index (κ2) is 6.18. The molecule has 0 amide bonds. The molecule has 2 rings (SSSR count). The van der Waals surface area contributed by atoms with E-state index in [0.29, 0.717) is 17.1 Å². The normalized spacial score (nSPS) is 10.4. The summed E-state index contributed by atoms with van der Waals surface area (Å²) >= 11 is 3.40. The largest absolute Gasteiger partial charge is 0.455 e. The number of carbonyl (C=O) groups is 1. The van der Waals surface area contributed by atoms with Crippen LogP contribution in [0.2, 0.25) is 0 Å². The first-order valence-corrected chi connectivity index (χ1v) is 7.25. The maximum atomic E-state index is 11.7. The number of pyridine rings is 1. The molecule has 4 heteroatoms. The molecular weight excluding hydrogens is 318 g/mol. The van der Waals surface area contributed by atoms with E-state index in [9.17, 15) is 4.79 Å². The Morgan fingerprint density at radius 2 is 2.00 bits per heavy atom. The third kappa shape index (κ3) is 3.25. The minimum Gasteiger partial charge on any atom is -0.455 e. The lowest BCUT2D eigenvalue weighted by Gasteiger charge is -2.13. The van der Waals surface area contributed by atoms with E-state index in [1.807, 2.05) is 32.0 Å². The zero-order valence-electron chi connectivity index (χ0n) is 11.7. The second-order valence-electron chi connectivity index (χ2n) is 4.55. The lowest BCUT2D eigenvalue weighted by atomic mass is 10.1. The van der Waals surface area contributed by atoms with Crippen LogP contribution in [0, 0.1) is 6.92 Å². The van der Waals surface area contributed by atoms with Crippen molar-refractivity contribution in [1.29, 1.82) is 0 Å². The molecule has 1 aromatic carbocycles. The van der Waals surface area contributed by atoms with Crippen LogP contribution in [-0.4, -0.2) is 10.8 Å². The molecule has 0 aliphatic rings. The zero-order chi connectivity index (χ0) is 14.7. The molecule has 104 valence electrons. The van der Waals surface area contributed by atoms with Gasteiger partial charge in [-0.3, -0.25) is 9.78 Å². The minimum absolute atomic E-state index is 0.0226. The van der Waals surface area contributed by atoms with Crippen LogP contribution in [0.1, 0.15) is 35.6 Å². The van der Waals surface area contributed by atoms with Crippen molar-refractivity contribution in [3.8, 4) is 11.5 Å². The van der Waals surface area contributed by atoms with Gasteiger partial charge in [0.25, 0.3) is 0 Å². The topological polar surface area (TPSA) is 39.2 Å². The number of aromatic nitrogens is 1. The minimum atomic E-state index is -0.0226. The van der Waals surface area contributed by atoms with E-state index in [0.717, 1.165) is 22.3 Å². The number of aryl methyl sites for hydroxylation is 2. The Hall–Kier alpha value is -1.68. The molecule has 0 radical (unpaired) electrons. The number of nitrogens with zero attached hydrogens (tertiary/aromatic N) is 1. The number of ether oxygens (including phenoxy) is 1. The monoisotopic (exact) mass is 333 g/mol. The van der Waals surface area contributed by atoms with E-state index >= 15 is 0 Å². The van der Waals surface area contributed by atoms with Gasteiger partial charge in [0, 0.05) is 10.2 Å².